The molecule has 0 radical (unpaired) electrons. The molecule has 1 unspecified atom stereocenters. The standard InChI is InChI=1S/C18H23NO4/c1-12-8-16(13(2)23-12)18(3,21)11-19-17(20)15-7-5-6-14(9-15)10-22-4/h5-9,21H,10-11H2,1-4H3,(H,19,20). The molecule has 0 spiro atoms. The lowest BCUT2D eigenvalue weighted by molar-refractivity contribution is 0.0514. The number of hydrogen-bond donors (Lipinski definition) is 2. The number of carbonyl (C=O) groups is 1. The first kappa shape index (κ1) is 17.2. The van der Waals surface area contributed by atoms with Gasteiger partial charge in [0.25, 0.3) is 5.91 Å². The summed E-state index contributed by atoms with van der Waals surface area (Å²) in [7, 11) is 1.61. The number of rotatable bonds is 6. The minimum atomic E-state index is -1.19. The number of amides is 1. The van der Waals surface area contributed by atoms with E-state index in [1.165, 1.54) is 0 Å². The molecule has 1 amide bonds. The van der Waals surface area contributed by atoms with Crippen LogP contribution in [0.5, 0.6) is 0 Å². The molecule has 1 aromatic heterocycles. The number of carbonyl (C=O) groups excluding carboxylic acids is 1. The molecule has 0 fully saturated rings. The van der Waals surface area contributed by atoms with Gasteiger partial charge in [0.1, 0.15) is 17.1 Å². The van der Waals surface area contributed by atoms with Crippen LogP contribution in [0.25, 0.3) is 0 Å². The van der Waals surface area contributed by atoms with Gasteiger partial charge in [-0.05, 0) is 44.5 Å². The quantitative estimate of drug-likeness (QED) is 0.859. The molecular weight excluding hydrogens is 294 g/mol. The number of aryl methyl sites for hydroxylation is 2. The van der Waals surface area contributed by atoms with E-state index in [9.17, 15) is 9.90 Å². The van der Waals surface area contributed by atoms with E-state index < -0.39 is 5.60 Å². The summed E-state index contributed by atoms with van der Waals surface area (Å²) in [5, 5.41) is 13.4. The maximum atomic E-state index is 12.3. The van der Waals surface area contributed by atoms with Crippen molar-refractivity contribution in [2.75, 3.05) is 13.7 Å². The monoisotopic (exact) mass is 317 g/mol. The molecule has 2 rings (SSSR count). The molecule has 0 aliphatic rings. The van der Waals surface area contributed by atoms with Gasteiger partial charge >= 0.3 is 0 Å². The van der Waals surface area contributed by atoms with Crippen LogP contribution in [0.1, 0.15) is 39.9 Å². The summed E-state index contributed by atoms with van der Waals surface area (Å²) in [6.45, 7) is 5.83. The van der Waals surface area contributed by atoms with Crippen molar-refractivity contribution in [1.29, 1.82) is 0 Å². The van der Waals surface area contributed by atoms with Crippen molar-refractivity contribution >= 4 is 5.91 Å². The molecule has 0 aliphatic heterocycles. The summed E-state index contributed by atoms with van der Waals surface area (Å²) in [4.78, 5) is 12.3. The van der Waals surface area contributed by atoms with Crippen molar-refractivity contribution in [2.24, 2.45) is 0 Å². The smallest absolute Gasteiger partial charge is 0.251 e. The lowest BCUT2D eigenvalue weighted by Gasteiger charge is -2.23. The normalized spacial score (nSPS) is 13.6. The fourth-order valence-corrected chi connectivity index (χ4v) is 2.58. The van der Waals surface area contributed by atoms with Gasteiger partial charge in [-0.15, -0.1) is 0 Å². The average molecular weight is 317 g/mol. The van der Waals surface area contributed by atoms with E-state index in [0.29, 0.717) is 23.5 Å². The van der Waals surface area contributed by atoms with Crippen molar-refractivity contribution in [3.05, 3.63) is 58.5 Å². The fourth-order valence-electron chi connectivity index (χ4n) is 2.58. The predicted molar refractivity (Wildman–Crippen MR) is 87.2 cm³/mol. The van der Waals surface area contributed by atoms with E-state index in [1.807, 2.05) is 19.1 Å². The molecule has 0 aliphatic carbocycles. The van der Waals surface area contributed by atoms with Crippen molar-refractivity contribution in [3.63, 3.8) is 0 Å². The number of methoxy groups -OCH3 is 1. The van der Waals surface area contributed by atoms with Gasteiger partial charge in [0, 0.05) is 18.2 Å². The van der Waals surface area contributed by atoms with E-state index in [2.05, 4.69) is 5.32 Å². The third-order valence-corrected chi connectivity index (χ3v) is 3.71. The van der Waals surface area contributed by atoms with Gasteiger partial charge in [0.2, 0.25) is 0 Å². The third kappa shape index (κ3) is 4.21. The highest BCUT2D eigenvalue weighted by Crippen LogP contribution is 2.26. The van der Waals surface area contributed by atoms with E-state index >= 15 is 0 Å². The van der Waals surface area contributed by atoms with Crippen LogP contribution in [-0.2, 0) is 16.9 Å². The highest BCUT2D eigenvalue weighted by atomic mass is 16.5. The lowest BCUT2D eigenvalue weighted by atomic mass is 9.96. The second kappa shape index (κ2) is 6.98. The van der Waals surface area contributed by atoms with Crippen LogP contribution >= 0.6 is 0 Å². The van der Waals surface area contributed by atoms with E-state index in [0.717, 1.165) is 11.3 Å². The van der Waals surface area contributed by atoms with Crippen molar-refractivity contribution < 1.29 is 19.1 Å². The highest BCUT2D eigenvalue weighted by Gasteiger charge is 2.28. The SMILES string of the molecule is COCc1cccc(C(=O)NCC(C)(O)c2cc(C)oc2C)c1. The molecule has 0 saturated heterocycles. The van der Waals surface area contributed by atoms with E-state index in [4.69, 9.17) is 9.15 Å². The number of furan rings is 1. The average Bonchev–Trinajstić information content (AvgIpc) is 2.85. The molecule has 0 bridgehead atoms. The first-order valence-corrected chi connectivity index (χ1v) is 7.49. The van der Waals surface area contributed by atoms with Gasteiger partial charge < -0.3 is 19.6 Å². The zero-order valence-corrected chi connectivity index (χ0v) is 14.0. The van der Waals surface area contributed by atoms with E-state index in [-0.39, 0.29) is 12.5 Å². The first-order chi connectivity index (χ1) is 10.8. The molecule has 5 nitrogen and oxygen atoms in total. The maximum absolute atomic E-state index is 12.3. The Morgan fingerprint density at radius 3 is 2.70 bits per heavy atom. The molecule has 1 heterocycles. The first-order valence-electron chi connectivity index (χ1n) is 7.49. The van der Waals surface area contributed by atoms with Gasteiger partial charge in [0.05, 0.1) is 13.2 Å². The second-order valence-electron chi connectivity index (χ2n) is 5.92. The third-order valence-electron chi connectivity index (χ3n) is 3.71. The van der Waals surface area contributed by atoms with Crippen LogP contribution in [0.2, 0.25) is 0 Å². The van der Waals surface area contributed by atoms with Gasteiger partial charge in [0.15, 0.2) is 0 Å². The number of benzene rings is 1. The fraction of sp³-hybridized carbons (Fsp3) is 0.389. The molecule has 124 valence electrons. The molecule has 1 atom stereocenters. The Labute approximate surface area is 136 Å². The molecule has 0 saturated carbocycles. The zero-order valence-electron chi connectivity index (χ0n) is 14.0. The number of aliphatic hydroxyl groups is 1. The molecule has 5 heteroatoms. The molecule has 1 aromatic carbocycles. The van der Waals surface area contributed by atoms with Crippen LogP contribution in [0.15, 0.2) is 34.7 Å². The maximum Gasteiger partial charge on any atom is 0.251 e. The van der Waals surface area contributed by atoms with Crippen LogP contribution in [0.3, 0.4) is 0 Å². The van der Waals surface area contributed by atoms with Crippen LogP contribution < -0.4 is 5.32 Å². The van der Waals surface area contributed by atoms with Crippen LogP contribution in [-0.4, -0.2) is 24.7 Å². The van der Waals surface area contributed by atoms with Crippen LogP contribution in [0, 0.1) is 13.8 Å². The second-order valence-corrected chi connectivity index (χ2v) is 5.92. The Morgan fingerprint density at radius 2 is 2.09 bits per heavy atom. The van der Waals surface area contributed by atoms with E-state index in [1.54, 1.807) is 39.2 Å². The lowest BCUT2D eigenvalue weighted by Crippen LogP contribution is -2.38. The molecule has 2 N–H and O–H groups in total. The predicted octanol–water partition coefficient (Wildman–Crippen LogP) is 2.68. The summed E-state index contributed by atoms with van der Waals surface area (Å²) >= 11 is 0. The Kier molecular flexibility index (Phi) is 5.23. The zero-order chi connectivity index (χ0) is 17.0. The Bertz CT molecular complexity index is 688. The van der Waals surface area contributed by atoms with Crippen LogP contribution in [0.4, 0.5) is 0 Å². The minimum Gasteiger partial charge on any atom is -0.466 e. The number of hydrogen-bond acceptors (Lipinski definition) is 4. The molecule has 23 heavy (non-hydrogen) atoms. The minimum absolute atomic E-state index is 0.0974. The topological polar surface area (TPSA) is 71.7 Å². The number of ether oxygens (including phenoxy) is 1. The van der Waals surface area contributed by atoms with Gasteiger partial charge in [-0.3, -0.25) is 4.79 Å². The summed E-state index contributed by atoms with van der Waals surface area (Å²) in [5.41, 5.74) is 0.953. The Balaban J connectivity index is 2.06. The van der Waals surface area contributed by atoms with Gasteiger partial charge in [-0.2, -0.15) is 0 Å². The summed E-state index contributed by atoms with van der Waals surface area (Å²) in [6.07, 6.45) is 0. The summed E-state index contributed by atoms with van der Waals surface area (Å²) in [5.74, 6) is 1.15. The van der Waals surface area contributed by atoms with Gasteiger partial charge in [-0.1, -0.05) is 12.1 Å². The highest BCUT2D eigenvalue weighted by molar-refractivity contribution is 5.94. The van der Waals surface area contributed by atoms with Crippen molar-refractivity contribution in [1.82, 2.24) is 5.32 Å². The largest absolute Gasteiger partial charge is 0.466 e. The Morgan fingerprint density at radius 1 is 1.35 bits per heavy atom. The summed E-state index contributed by atoms with van der Waals surface area (Å²) < 4.78 is 10.5. The molecular formula is C18H23NO4. The summed E-state index contributed by atoms with van der Waals surface area (Å²) in [6, 6.07) is 9.01. The van der Waals surface area contributed by atoms with Crippen molar-refractivity contribution in [2.45, 2.75) is 33.0 Å². The van der Waals surface area contributed by atoms with Gasteiger partial charge in [-0.25, -0.2) is 0 Å². The Hall–Kier alpha value is -2.11. The number of nitrogens with one attached hydrogen (secondary N) is 1. The molecule has 2 aromatic rings. The van der Waals surface area contributed by atoms with Crippen molar-refractivity contribution in [3.8, 4) is 0 Å².